The quantitative estimate of drug-likeness (QED) is 0.661. The molecular weight excluding hydrogens is 351 g/mol. The largest absolute Gasteiger partial charge is 0.493 e. The Labute approximate surface area is 157 Å². The topological polar surface area (TPSA) is 76.7 Å². The van der Waals surface area contributed by atoms with E-state index in [0.29, 0.717) is 30.9 Å². The summed E-state index contributed by atoms with van der Waals surface area (Å²) < 4.78 is 23.5. The summed E-state index contributed by atoms with van der Waals surface area (Å²) in [5, 5.41) is 5.37. The highest BCUT2D eigenvalue weighted by Crippen LogP contribution is 2.27. The molecule has 2 aromatic rings. The van der Waals surface area contributed by atoms with Crippen LogP contribution in [0.1, 0.15) is 22.3 Å². The molecule has 0 aliphatic rings. The standard InChI is InChI=1S/C20H23FN2O4/c1-26-17-8-6-14(12-18(17)27-2)7-9-19(24)22-10-11-23-20(25)15-4-3-5-16(21)13-15/h3-6,8,12-13H,7,9-11H2,1-2H3,(H,22,24)(H,23,25). The maximum atomic E-state index is 13.1. The monoisotopic (exact) mass is 374 g/mol. The third-order valence-electron chi connectivity index (χ3n) is 3.91. The van der Waals surface area contributed by atoms with Crippen LogP contribution >= 0.6 is 0 Å². The van der Waals surface area contributed by atoms with Crippen LogP contribution in [-0.4, -0.2) is 39.1 Å². The van der Waals surface area contributed by atoms with E-state index < -0.39 is 5.82 Å². The lowest BCUT2D eigenvalue weighted by Gasteiger charge is -2.10. The second-order valence-corrected chi connectivity index (χ2v) is 5.81. The van der Waals surface area contributed by atoms with Crippen molar-refractivity contribution in [3.05, 3.63) is 59.4 Å². The van der Waals surface area contributed by atoms with Gasteiger partial charge in [-0.05, 0) is 42.3 Å². The number of hydrogen-bond acceptors (Lipinski definition) is 4. The zero-order valence-corrected chi connectivity index (χ0v) is 15.4. The summed E-state index contributed by atoms with van der Waals surface area (Å²) in [6.45, 7) is 0.559. The molecule has 0 aromatic heterocycles. The number of ether oxygens (including phenoxy) is 2. The first-order chi connectivity index (χ1) is 13.0. The van der Waals surface area contributed by atoms with Crippen molar-refractivity contribution in [2.45, 2.75) is 12.8 Å². The average Bonchev–Trinajstić information content (AvgIpc) is 2.69. The molecule has 2 N–H and O–H groups in total. The van der Waals surface area contributed by atoms with Gasteiger partial charge in [0.05, 0.1) is 14.2 Å². The van der Waals surface area contributed by atoms with Crippen molar-refractivity contribution in [3.8, 4) is 11.5 Å². The molecule has 6 nitrogen and oxygen atoms in total. The van der Waals surface area contributed by atoms with Crippen molar-refractivity contribution < 1.29 is 23.5 Å². The minimum atomic E-state index is -0.467. The van der Waals surface area contributed by atoms with Crippen molar-refractivity contribution in [3.63, 3.8) is 0 Å². The SMILES string of the molecule is COc1ccc(CCC(=O)NCCNC(=O)c2cccc(F)c2)cc1OC. The fourth-order valence-electron chi connectivity index (χ4n) is 2.49. The number of methoxy groups -OCH3 is 2. The second kappa shape index (κ2) is 10.2. The first-order valence-corrected chi connectivity index (χ1v) is 8.55. The van der Waals surface area contributed by atoms with Gasteiger partial charge in [-0.25, -0.2) is 4.39 Å². The Morgan fingerprint density at radius 1 is 0.963 bits per heavy atom. The Balaban J connectivity index is 1.70. The Morgan fingerprint density at radius 2 is 1.70 bits per heavy atom. The van der Waals surface area contributed by atoms with Gasteiger partial charge in [-0.3, -0.25) is 9.59 Å². The lowest BCUT2D eigenvalue weighted by molar-refractivity contribution is -0.121. The molecule has 2 amide bonds. The minimum absolute atomic E-state index is 0.121. The normalized spacial score (nSPS) is 10.2. The summed E-state index contributed by atoms with van der Waals surface area (Å²) in [5.41, 5.74) is 1.21. The van der Waals surface area contributed by atoms with E-state index in [4.69, 9.17) is 9.47 Å². The molecule has 0 aliphatic heterocycles. The van der Waals surface area contributed by atoms with Gasteiger partial charge < -0.3 is 20.1 Å². The molecule has 0 radical (unpaired) electrons. The fourth-order valence-corrected chi connectivity index (χ4v) is 2.49. The highest BCUT2D eigenvalue weighted by molar-refractivity contribution is 5.94. The van der Waals surface area contributed by atoms with E-state index in [0.717, 1.165) is 11.6 Å². The number of rotatable bonds is 9. The van der Waals surface area contributed by atoms with Crippen molar-refractivity contribution in [2.75, 3.05) is 27.3 Å². The smallest absolute Gasteiger partial charge is 0.251 e. The zero-order chi connectivity index (χ0) is 19.6. The molecule has 0 spiro atoms. The summed E-state index contributed by atoms with van der Waals surface area (Å²) in [7, 11) is 3.13. The molecule has 27 heavy (non-hydrogen) atoms. The lowest BCUT2D eigenvalue weighted by atomic mass is 10.1. The summed E-state index contributed by atoms with van der Waals surface area (Å²) in [4.78, 5) is 23.8. The van der Waals surface area contributed by atoms with Crippen molar-refractivity contribution in [2.24, 2.45) is 0 Å². The molecule has 0 saturated heterocycles. The van der Waals surface area contributed by atoms with E-state index >= 15 is 0 Å². The first kappa shape index (κ1) is 20.2. The van der Waals surface area contributed by atoms with Crippen LogP contribution < -0.4 is 20.1 Å². The molecule has 0 unspecified atom stereocenters. The second-order valence-electron chi connectivity index (χ2n) is 5.81. The molecule has 0 fully saturated rings. The predicted octanol–water partition coefficient (Wildman–Crippen LogP) is 2.32. The van der Waals surface area contributed by atoms with Gasteiger partial charge in [0, 0.05) is 25.1 Å². The van der Waals surface area contributed by atoms with Gasteiger partial charge in [0.25, 0.3) is 5.91 Å². The highest BCUT2D eigenvalue weighted by atomic mass is 19.1. The van der Waals surface area contributed by atoms with Crippen LogP contribution in [0.4, 0.5) is 4.39 Å². The maximum absolute atomic E-state index is 13.1. The molecule has 2 aromatic carbocycles. The Kier molecular flexibility index (Phi) is 7.61. The van der Waals surface area contributed by atoms with Crippen molar-refractivity contribution >= 4 is 11.8 Å². The average molecular weight is 374 g/mol. The predicted molar refractivity (Wildman–Crippen MR) is 99.6 cm³/mol. The third-order valence-corrected chi connectivity index (χ3v) is 3.91. The van der Waals surface area contributed by atoms with Gasteiger partial charge >= 0.3 is 0 Å². The van der Waals surface area contributed by atoms with Gasteiger partial charge in [0.1, 0.15) is 5.82 Å². The summed E-state index contributed by atoms with van der Waals surface area (Å²) in [6, 6.07) is 11.0. The lowest BCUT2D eigenvalue weighted by Crippen LogP contribution is -2.34. The van der Waals surface area contributed by atoms with Crippen LogP contribution in [-0.2, 0) is 11.2 Å². The molecule has 0 aliphatic carbocycles. The van der Waals surface area contributed by atoms with Crippen LogP contribution in [0.15, 0.2) is 42.5 Å². The maximum Gasteiger partial charge on any atom is 0.251 e. The number of hydrogen-bond donors (Lipinski definition) is 2. The fraction of sp³-hybridized carbons (Fsp3) is 0.300. The summed E-state index contributed by atoms with van der Waals surface area (Å²) in [6.07, 6.45) is 0.870. The third kappa shape index (κ3) is 6.29. The number of aryl methyl sites for hydroxylation is 1. The van der Waals surface area contributed by atoms with Crippen LogP contribution in [0, 0.1) is 5.82 Å². The van der Waals surface area contributed by atoms with E-state index in [9.17, 15) is 14.0 Å². The minimum Gasteiger partial charge on any atom is -0.493 e. The van der Waals surface area contributed by atoms with Crippen LogP contribution in [0.25, 0.3) is 0 Å². The number of carbonyl (C=O) groups excluding carboxylic acids is 2. The van der Waals surface area contributed by atoms with Crippen LogP contribution in [0.3, 0.4) is 0 Å². The Hall–Kier alpha value is -3.09. The van der Waals surface area contributed by atoms with E-state index in [-0.39, 0.29) is 23.9 Å². The van der Waals surface area contributed by atoms with Gasteiger partial charge in [-0.2, -0.15) is 0 Å². The van der Waals surface area contributed by atoms with E-state index in [2.05, 4.69) is 10.6 Å². The molecule has 0 heterocycles. The number of halogens is 1. The zero-order valence-electron chi connectivity index (χ0n) is 15.4. The van der Waals surface area contributed by atoms with Gasteiger partial charge in [-0.15, -0.1) is 0 Å². The first-order valence-electron chi connectivity index (χ1n) is 8.55. The van der Waals surface area contributed by atoms with E-state index in [1.54, 1.807) is 20.3 Å². The van der Waals surface area contributed by atoms with E-state index in [1.165, 1.54) is 18.2 Å². The van der Waals surface area contributed by atoms with Gasteiger partial charge in [0.15, 0.2) is 11.5 Å². The number of benzene rings is 2. The highest BCUT2D eigenvalue weighted by Gasteiger charge is 2.08. The molecule has 0 atom stereocenters. The Morgan fingerprint density at radius 3 is 2.41 bits per heavy atom. The Bertz CT molecular complexity index is 795. The van der Waals surface area contributed by atoms with Gasteiger partial charge in [0.2, 0.25) is 5.91 Å². The summed E-state index contributed by atoms with van der Waals surface area (Å²) >= 11 is 0. The molecule has 0 bridgehead atoms. The number of nitrogens with one attached hydrogen (secondary N) is 2. The van der Waals surface area contributed by atoms with Crippen LogP contribution in [0.2, 0.25) is 0 Å². The molecule has 2 rings (SSSR count). The van der Waals surface area contributed by atoms with Crippen molar-refractivity contribution in [1.82, 2.24) is 10.6 Å². The van der Waals surface area contributed by atoms with Crippen molar-refractivity contribution in [1.29, 1.82) is 0 Å². The van der Waals surface area contributed by atoms with Gasteiger partial charge in [-0.1, -0.05) is 12.1 Å². The molecule has 144 valence electrons. The number of amides is 2. The number of carbonyl (C=O) groups is 2. The molecule has 0 saturated carbocycles. The summed E-state index contributed by atoms with van der Waals surface area (Å²) in [5.74, 6) is 0.292. The van der Waals surface area contributed by atoms with Crippen LogP contribution in [0.5, 0.6) is 11.5 Å². The van der Waals surface area contributed by atoms with E-state index in [1.807, 2.05) is 12.1 Å². The molecule has 7 heteroatoms. The molecular formula is C20H23FN2O4.